The van der Waals surface area contributed by atoms with Gasteiger partial charge in [0.2, 0.25) is 0 Å². The largest absolute Gasteiger partial charge is 0.383 e. The van der Waals surface area contributed by atoms with Gasteiger partial charge in [-0.1, -0.05) is 11.6 Å². The molecule has 10 heteroatoms. The molecule has 0 bridgehead atoms. The fourth-order valence-electron chi connectivity index (χ4n) is 5.73. The van der Waals surface area contributed by atoms with Crippen molar-refractivity contribution in [3.05, 3.63) is 58.5 Å². The number of nitrogens with two attached hydrogens (primary N) is 1. The Morgan fingerprint density at radius 2 is 2.00 bits per heavy atom. The third kappa shape index (κ3) is 3.69. The van der Waals surface area contributed by atoms with E-state index in [1.54, 1.807) is 13.2 Å². The molecule has 0 spiro atoms. The number of aromatic nitrogens is 4. The van der Waals surface area contributed by atoms with Gasteiger partial charge in [0.25, 0.3) is 5.91 Å². The second-order valence-corrected chi connectivity index (χ2v) is 9.75. The number of carbonyl (C=O) groups excluding carboxylic acids is 1. The molecule has 33 heavy (non-hydrogen) atoms. The van der Waals surface area contributed by atoms with Crippen molar-refractivity contribution >= 4 is 29.0 Å². The lowest BCUT2D eigenvalue weighted by atomic mass is 9.91. The SMILES string of the molecule is Cn1ccnc1C1(O)CC2CC(c3nn(C)c(N)c3C(=O)Nc3ccc(F)c(Cl)c3)CC2C1. The second kappa shape index (κ2) is 7.85. The highest BCUT2D eigenvalue weighted by Crippen LogP contribution is 2.56. The average molecular weight is 473 g/mol. The Labute approximate surface area is 195 Å². The van der Waals surface area contributed by atoms with Crippen molar-refractivity contribution in [3.63, 3.8) is 0 Å². The van der Waals surface area contributed by atoms with E-state index in [2.05, 4.69) is 15.4 Å². The first-order chi connectivity index (χ1) is 15.7. The number of fused-ring (bicyclic) bond motifs is 1. The van der Waals surface area contributed by atoms with Crippen LogP contribution in [0.4, 0.5) is 15.9 Å². The summed E-state index contributed by atoms with van der Waals surface area (Å²) >= 11 is 5.84. The van der Waals surface area contributed by atoms with Crippen LogP contribution in [0.25, 0.3) is 0 Å². The van der Waals surface area contributed by atoms with Crippen molar-refractivity contribution in [1.82, 2.24) is 19.3 Å². The van der Waals surface area contributed by atoms with Crippen LogP contribution in [0, 0.1) is 17.7 Å². The number of hydrogen-bond acceptors (Lipinski definition) is 5. The van der Waals surface area contributed by atoms with Crippen LogP contribution in [0.2, 0.25) is 5.02 Å². The number of nitrogens with one attached hydrogen (secondary N) is 1. The molecule has 4 N–H and O–H groups in total. The molecule has 2 unspecified atom stereocenters. The molecule has 2 heterocycles. The molecule has 3 aromatic rings. The second-order valence-electron chi connectivity index (χ2n) is 9.34. The van der Waals surface area contributed by atoms with Crippen molar-refractivity contribution in [2.75, 3.05) is 11.1 Å². The molecular weight excluding hydrogens is 447 g/mol. The Hall–Kier alpha value is -2.91. The molecule has 2 fully saturated rings. The molecule has 8 nitrogen and oxygen atoms in total. The van der Waals surface area contributed by atoms with Crippen molar-refractivity contribution in [2.45, 2.75) is 37.2 Å². The number of aryl methyl sites for hydroxylation is 2. The monoisotopic (exact) mass is 472 g/mol. The van der Waals surface area contributed by atoms with E-state index in [0.29, 0.717) is 47.4 Å². The van der Waals surface area contributed by atoms with E-state index in [1.807, 2.05) is 17.8 Å². The van der Waals surface area contributed by atoms with E-state index < -0.39 is 17.3 Å². The van der Waals surface area contributed by atoms with Crippen LogP contribution in [0.3, 0.4) is 0 Å². The number of imidazole rings is 1. The van der Waals surface area contributed by atoms with Crippen LogP contribution in [0.15, 0.2) is 30.6 Å². The van der Waals surface area contributed by atoms with Gasteiger partial charge in [0.1, 0.15) is 28.6 Å². The molecule has 2 aliphatic rings. The van der Waals surface area contributed by atoms with Gasteiger partial charge in [0.05, 0.1) is 10.7 Å². The van der Waals surface area contributed by atoms with Crippen LogP contribution in [0.5, 0.6) is 0 Å². The molecule has 2 saturated carbocycles. The number of anilines is 2. The molecule has 1 amide bonds. The molecule has 5 rings (SSSR count). The van der Waals surface area contributed by atoms with Crippen LogP contribution in [0.1, 0.15) is 53.5 Å². The number of rotatable bonds is 4. The summed E-state index contributed by atoms with van der Waals surface area (Å²) < 4.78 is 16.9. The number of nitrogen functional groups attached to an aromatic ring is 1. The maximum absolute atomic E-state index is 13.5. The Balaban J connectivity index is 1.36. The molecule has 0 radical (unpaired) electrons. The van der Waals surface area contributed by atoms with Gasteiger partial charge in [0.15, 0.2) is 0 Å². The summed E-state index contributed by atoms with van der Waals surface area (Å²) in [5, 5.41) is 18.5. The minimum Gasteiger partial charge on any atom is -0.383 e. The van der Waals surface area contributed by atoms with Crippen molar-refractivity contribution < 1.29 is 14.3 Å². The van der Waals surface area contributed by atoms with Gasteiger partial charge in [-0.05, 0) is 55.7 Å². The number of halogens is 2. The van der Waals surface area contributed by atoms with Crippen LogP contribution in [-0.4, -0.2) is 30.3 Å². The fraction of sp³-hybridized carbons (Fsp3) is 0.435. The summed E-state index contributed by atoms with van der Waals surface area (Å²) in [5.74, 6) is 0.704. The molecule has 2 aromatic heterocycles. The van der Waals surface area contributed by atoms with E-state index in [-0.39, 0.29) is 16.8 Å². The lowest BCUT2D eigenvalue weighted by Gasteiger charge is -2.24. The first kappa shape index (κ1) is 21.9. The zero-order chi connectivity index (χ0) is 23.5. The van der Waals surface area contributed by atoms with Gasteiger partial charge in [-0.25, -0.2) is 9.37 Å². The van der Waals surface area contributed by atoms with E-state index in [0.717, 1.165) is 12.8 Å². The lowest BCUT2D eigenvalue weighted by Crippen LogP contribution is -2.27. The number of benzene rings is 1. The van der Waals surface area contributed by atoms with Gasteiger partial charge in [0, 0.05) is 38.1 Å². The first-order valence-electron chi connectivity index (χ1n) is 10.9. The van der Waals surface area contributed by atoms with Gasteiger partial charge >= 0.3 is 0 Å². The van der Waals surface area contributed by atoms with E-state index in [4.69, 9.17) is 17.3 Å². The topological polar surface area (TPSA) is 111 Å². The quantitative estimate of drug-likeness (QED) is 0.537. The van der Waals surface area contributed by atoms with Crippen LogP contribution in [-0.2, 0) is 19.7 Å². The lowest BCUT2D eigenvalue weighted by molar-refractivity contribution is 0.0228. The number of carbonyl (C=O) groups is 1. The van der Waals surface area contributed by atoms with Gasteiger partial charge in [-0.2, -0.15) is 5.10 Å². The summed E-state index contributed by atoms with van der Waals surface area (Å²) in [6.07, 6.45) is 6.46. The summed E-state index contributed by atoms with van der Waals surface area (Å²) in [5.41, 5.74) is 6.67. The summed E-state index contributed by atoms with van der Waals surface area (Å²) in [7, 11) is 3.60. The van der Waals surface area contributed by atoms with Gasteiger partial charge in [-0.3, -0.25) is 9.48 Å². The minimum absolute atomic E-state index is 0.0620. The molecule has 2 atom stereocenters. The van der Waals surface area contributed by atoms with Crippen molar-refractivity contribution in [3.8, 4) is 0 Å². The van der Waals surface area contributed by atoms with Gasteiger partial charge < -0.3 is 20.7 Å². The zero-order valence-corrected chi connectivity index (χ0v) is 19.2. The Morgan fingerprint density at radius 3 is 2.61 bits per heavy atom. The smallest absolute Gasteiger partial charge is 0.261 e. The van der Waals surface area contributed by atoms with E-state index in [9.17, 15) is 14.3 Å². The highest BCUT2D eigenvalue weighted by molar-refractivity contribution is 6.31. The standard InChI is InChI=1S/C23H26ClFN6O2/c1-30-6-5-27-22(30)23(33)10-13-7-12(8-14(13)11-23)19-18(20(26)31(2)29-19)21(32)28-15-3-4-17(25)16(24)9-15/h3-6,9,12-14,33H,7-8,10-11,26H2,1-2H3,(H,28,32). The Bertz CT molecular complexity index is 1220. The van der Waals surface area contributed by atoms with Crippen LogP contribution >= 0.6 is 11.6 Å². The summed E-state index contributed by atoms with van der Waals surface area (Å²) in [4.78, 5) is 17.5. The summed E-state index contributed by atoms with van der Waals surface area (Å²) in [6, 6.07) is 4.01. The third-order valence-electron chi connectivity index (χ3n) is 7.19. The maximum atomic E-state index is 13.5. The number of aliphatic hydroxyl groups is 1. The van der Waals surface area contributed by atoms with Crippen molar-refractivity contribution in [2.24, 2.45) is 25.9 Å². The average Bonchev–Trinajstić information content (AvgIpc) is 3.48. The van der Waals surface area contributed by atoms with Crippen molar-refractivity contribution in [1.29, 1.82) is 0 Å². The molecule has 174 valence electrons. The Morgan fingerprint density at radius 1 is 1.30 bits per heavy atom. The fourth-order valence-corrected chi connectivity index (χ4v) is 5.91. The zero-order valence-electron chi connectivity index (χ0n) is 18.4. The minimum atomic E-state index is -0.927. The summed E-state index contributed by atoms with van der Waals surface area (Å²) in [6.45, 7) is 0. The normalized spacial score (nSPS) is 26.5. The van der Waals surface area contributed by atoms with Crippen LogP contribution < -0.4 is 11.1 Å². The number of nitrogens with zero attached hydrogens (tertiary/aromatic N) is 4. The highest BCUT2D eigenvalue weighted by Gasteiger charge is 2.52. The molecule has 0 aliphatic heterocycles. The predicted molar refractivity (Wildman–Crippen MR) is 122 cm³/mol. The molecule has 0 saturated heterocycles. The molecule has 1 aromatic carbocycles. The Kier molecular flexibility index (Phi) is 5.21. The number of hydrogen-bond donors (Lipinski definition) is 3. The highest BCUT2D eigenvalue weighted by atomic mass is 35.5. The van der Waals surface area contributed by atoms with E-state index >= 15 is 0 Å². The third-order valence-corrected chi connectivity index (χ3v) is 7.48. The molecule has 2 aliphatic carbocycles. The number of amides is 1. The maximum Gasteiger partial charge on any atom is 0.261 e. The van der Waals surface area contributed by atoms with Gasteiger partial charge in [-0.15, -0.1) is 0 Å². The first-order valence-corrected chi connectivity index (χ1v) is 11.3. The predicted octanol–water partition coefficient (Wildman–Crippen LogP) is 3.57. The van der Waals surface area contributed by atoms with E-state index in [1.165, 1.54) is 22.9 Å². The molecular formula is C23H26ClFN6O2.